The molecule has 132 valence electrons. The van der Waals surface area contributed by atoms with E-state index < -0.39 is 48.4 Å². The predicted molar refractivity (Wildman–Crippen MR) is 79.8 cm³/mol. The predicted octanol–water partition coefficient (Wildman–Crippen LogP) is -2.72. The summed E-state index contributed by atoms with van der Waals surface area (Å²) >= 11 is 0. The SMILES string of the molecule is CC(C)CC(NC(=O)C(N)CC(N)=O)C(=O)NC(CO)C(=O)O. The molecule has 3 atom stereocenters. The third-order valence-electron chi connectivity index (χ3n) is 2.90. The second-order valence-electron chi connectivity index (χ2n) is 5.55. The lowest BCUT2D eigenvalue weighted by Crippen LogP contribution is -2.55. The highest BCUT2D eigenvalue weighted by molar-refractivity contribution is 5.93. The Morgan fingerprint density at radius 3 is 1.96 bits per heavy atom. The maximum Gasteiger partial charge on any atom is 0.328 e. The first-order valence-corrected chi connectivity index (χ1v) is 7.06. The fourth-order valence-electron chi connectivity index (χ4n) is 1.75. The van der Waals surface area contributed by atoms with Crippen LogP contribution in [-0.4, -0.2) is 58.6 Å². The summed E-state index contributed by atoms with van der Waals surface area (Å²) in [5.41, 5.74) is 10.4. The summed E-state index contributed by atoms with van der Waals surface area (Å²) in [5, 5.41) is 22.2. The molecule has 0 aliphatic carbocycles. The maximum absolute atomic E-state index is 12.1. The van der Waals surface area contributed by atoms with Crippen LogP contribution in [0.2, 0.25) is 0 Å². The Morgan fingerprint density at radius 2 is 1.57 bits per heavy atom. The molecule has 0 rings (SSSR count). The molecule has 0 aliphatic heterocycles. The van der Waals surface area contributed by atoms with E-state index >= 15 is 0 Å². The highest BCUT2D eigenvalue weighted by Crippen LogP contribution is 2.06. The lowest BCUT2D eigenvalue weighted by atomic mass is 10.0. The third-order valence-corrected chi connectivity index (χ3v) is 2.90. The Kier molecular flexibility index (Phi) is 8.81. The zero-order chi connectivity index (χ0) is 18.2. The summed E-state index contributed by atoms with van der Waals surface area (Å²) in [7, 11) is 0. The fraction of sp³-hybridized carbons (Fsp3) is 0.692. The summed E-state index contributed by atoms with van der Waals surface area (Å²) in [6.07, 6.45) is -0.158. The average Bonchev–Trinajstić information content (AvgIpc) is 2.41. The van der Waals surface area contributed by atoms with Crippen LogP contribution in [0.5, 0.6) is 0 Å². The van der Waals surface area contributed by atoms with Crippen LogP contribution in [0.1, 0.15) is 26.7 Å². The Labute approximate surface area is 133 Å². The van der Waals surface area contributed by atoms with Crippen LogP contribution < -0.4 is 22.1 Å². The van der Waals surface area contributed by atoms with Gasteiger partial charge in [-0.05, 0) is 12.3 Å². The van der Waals surface area contributed by atoms with E-state index in [-0.39, 0.29) is 18.8 Å². The summed E-state index contributed by atoms with van der Waals surface area (Å²) in [6, 6.07) is -3.73. The molecule has 0 bridgehead atoms. The van der Waals surface area contributed by atoms with Crippen molar-refractivity contribution in [2.24, 2.45) is 17.4 Å². The average molecular weight is 332 g/mol. The summed E-state index contributed by atoms with van der Waals surface area (Å²) in [5.74, 6) is -3.67. The van der Waals surface area contributed by atoms with E-state index in [1.165, 1.54) is 0 Å². The van der Waals surface area contributed by atoms with Crippen molar-refractivity contribution in [2.75, 3.05) is 6.61 Å². The van der Waals surface area contributed by atoms with Crippen molar-refractivity contribution in [3.63, 3.8) is 0 Å². The number of hydrogen-bond acceptors (Lipinski definition) is 6. The number of carboxylic acids is 1. The summed E-state index contributed by atoms with van der Waals surface area (Å²) in [6.45, 7) is 2.82. The molecule has 8 N–H and O–H groups in total. The molecule has 23 heavy (non-hydrogen) atoms. The molecule has 0 spiro atoms. The molecule has 0 aromatic heterocycles. The fourth-order valence-corrected chi connectivity index (χ4v) is 1.75. The highest BCUT2D eigenvalue weighted by atomic mass is 16.4. The van der Waals surface area contributed by atoms with Crippen LogP contribution in [-0.2, 0) is 19.2 Å². The second-order valence-corrected chi connectivity index (χ2v) is 5.55. The zero-order valence-electron chi connectivity index (χ0n) is 13.1. The third kappa shape index (κ3) is 8.12. The van der Waals surface area contributed by atoms with E-state index in [1.54, 1.807) is 13.8 Å². The van der Waals surface area contributed by atoms with Gasteiger partial charge in [-0.2, -0.15) is 0 Å². The number of rotatable bonds is 10. The number of nitrogens with two attached hydrogens (primary N) is 2. The van der Waals surface area contributed by atoms with E-state index in [0.717, 1.165) is 0 Å². The lowest BCUT2D eigenvalue weighted by Gasteiger charge is -2.23. The number of carbonyl (C=O) groups excluding carboxylic acids is 3. The van der Waals surface area contributed by atoms with Gasteiger partial charge in [0.2, 0.25) is 17.7 Å². The van der Waals surface area contributed by atoms with E-state index in [9.17, 15) is 19.2 Å². The van der Waals surface area contributed by atoms with Gasteiger partial charge in [-0.3, -0.25) is 14.4 Å². The molecule has 0 saturated heterocycles. The van der Waals surface area contributed by atoms with Crippen molar-refractivity contribution in [2.45, 2.75) is 44.8 Å². The van der Waals surface area contributed by atoms with Crippen LogP contribution in [0, 0.1) is 5.92 Å². The topological polar surface area (TPSA) is 185 Å². The minimum absolute atomic E-state index is 0.0100. The highest BCUT2D eigenvalue weighted by Gasteiger charge is 2.28. The minimum atomic E-state index is -1.48. The number of aliphatic hydroxyl groups is 1. The summed E-state index contributed by atoms with van der Waals surface area (Å²) in [4.78, 5) is 45.6. The van der Waals surface area contributed by atoms with Crippen molar-refractivity contribution in [1.29, 1.82) is 0 Å². The van der Waals surface area contributed by atoms with E-state index in [4.69, 9.17) is 21.7 Å². The van der Waals surface area contributed by atoms with Crippen LogP contribution in [0.4, 0.5) is 0 Å². The van der Waals surface area contributed by atoms with Gasteiger partial charge in [0.15, 0.2) is 0 Å². The Morgan fingerprint density at radius 1 is 1.04 bits per heavy atom. The van der Waals surface area contributed by atoms with Gasteiger partial charge >= 0.3 is 5.97 Å². The van der Waals surface area contributed by atoms with Crippen molar-refractivity contribution in [3.05, 3.63) is 0 Å². The molecule has 0 heterocycles. The number of aliphatic carboxylic acids is 1. The van der Waals surface area contributed by atoms with Gasteiger partial charge in [-0.15, -0.1) is 0 Å². The van der Waals surface area contributed by atoms with Gasteiger partial charge in [-0.1, -0.05) is 13.8 Å². The van der Waals surface area contributed by atoms with Crippen molar-refractivity contribution in [1.82, 2.24) is 10.6 Å². The van der Waals surface area contributed by atoms with Crippen molar-refractivity contribution >= 4 is 23.7 Å². The lowest BCUT2D eigenvalue weighted by molar-refractivity contribution is -0.143. The number of primary amides is 1. The first kappa shape index (κ1) is 20.8. The van der Waals surface area contributed by atoms with Crippen molar-refractivity contribution in [3.8, 4) is 0 Å². The van der Waals surface area contributed by atoms with Gasteiger partial charge in [0.05, 0.1) is 19.1 Å². The standard InChI is InChI=1S/C13H24N4O6/c1-6(2)3-8(12(21)17-9(5-18)13(22)23)16-11(20)7(14)4-10(15)19/h6-9,18H,3-5,14H2,1-2H3,(H2,15,19)(H,16,20)(H,17,21)(H,22,23). The molecule has 0 fully saturated rings. The van der Waals surface area contributed by atoms with E-state index in [2.05, 4.69) is 10.6 Å². The van der Waals surface area contributed by atoms with Gasteiger partial charge in [0.1, 0.15) is 12.1 Å². The Balaban J connectivity index is 4.92. The van der Waals surface area contributed by atoms with Gasteiger partial charge in [-0.25, -0.2) is 4.79 Å². The molecule has 10 heteroatoms. The van der Waals surface area contributed by atoms with Crippen LogP contribution in [0.25, 0.3) is 0 Å². The Bertz CT molecular complexity index is 454. The quantitative estimate of drug-likeness (QED) is 0.251. The van der Waals surface area contributed by atoms with Gasteiger partial charge in [0, 0.05) is 0 Å². The largest absolute Gasteiger partial charge is 0.480 e. The number of carbonyl (C=O) groups is 4. The van der Waals surface area contributed by atoms with E-state index in [0.29, 0.717) is 0 Å². The molecule has 10 nitrogen and oxygen atoms in total. The van der Waals surface area contributed by atoms with Crippen LogP contribution in [0.3, 0.4) is 0 Å². The van der Waals surface area contributed by atoms with Crippen LogP contribution in [0.15, 0.2) is 0 Å². The zero-order valence-corrected chi connectivity index (χ0v) is 13.1. The smallest absolute Gasteiger partial charge is 0.328 e. The molecular formula is C13H24N4O6. The molecule has 3 unspecified atom stereocenters. The molecule has 0 aliphatic rings. The number of nitrogens with one attached hydrogen (secondary N) is 2. The number of aliphatic hydroxyl groups excluding tert-OH is 1. The number of carboxylic acid groups (broad SMARTS) is 1. The molecule has 0 aromatic carbocycles. The number of amides is 3. The number of hydrogen-bond donors (Lipinski definition) is 6. The normalized spacial score (nSPS) is 14.7. The van der Waals surface area contributed by atoms with E-state index in [1.807, 2.05) is 0 Å². The molecule has 0 radical (unpaired) electrons. The molecule has 3 amide bonds. The first-order chi connectivity index (χ1) is 10.6. The molecule has 0 saturated carbocycles. The van der Waals surface area contributed by atoms with Crippen molar-refractivity contribution < 1.29 is 29.4 Å². The minimum Gasteiger partial charge on any atom is -0.480 e. The van der Waals surface area contributed by atoms with Gasteiger partial charge < -0.3 is 32.3 Å². The van der Waals surface area contributed by atoms with Gasteiger partial charge in [0.25, 0.3) is 0 Å². The monoisotopic (exact) mass is 332 g/mol. The molecule has 0 aromatic rings. The molecular weight excluding hydrogens is 308 g/mol. The maximum atomic E-state index is 12.1. The second kappa shape index (κ2) is 9.74. The first-order valence-electron chi connectivity index (χ1n) is 7.06. The Hall–Kier alpha value is -2.20. The van der Waals surface area contributed by atoms with Crippen LogP contribution >= 0.6 is 0 Å². The summed E-state index contributed by atoms with van der Waals surface area (Å²) < 4.78 is 0.